The lowest BCUT2D eigenvalue weighted by Crippen LogP contribution is -2.57. The number of hydrogen-bond donors (Lipinski definition) is 2. The van der Waals surface area contributed by atoms with Crippen LogP contribution in [0.5, 0.6) is 0 Å². The monoisotopic (exact) mass is 295 g/mol. The molecule has 1 aromatic carbocycles. The Kier molecular flexibility index (Phi) is 4.35. The van der Waals surface area contributed by atoms with E-state index in [-0.39, 0.29) is 17.8 Å². The van der Waals surface area contributed by atoms with E-state index in [1.54, 1.807) is 0 Å². The molecule has 108 valence electrons. The lowest BCUT2D eigenvalue weighted by molar-refractivity contribution is -0.149. The fourth-order valence-electron chi connectivity index (χ4n) is 2.12. The van der Waals surface area contributed by atoms with Crippen molar-refractivity contribution < 1.29 is 19.4 Å². The van der Waals surface area contributed by atoms with E-state index in [4.69, 9.17) is 4.74 Å². The number of thioether (sulfide) groups is 1. The third-order valence-electron chi connectivity index (χ3n) is 3.24. The van der Waals surface area contributed by atoms with Crippen molar-refractivity contribution in [3.63, 3.8) is 0 Å². The standard InChI is InChI=1S/C14H17NO4S/c1-14(8-19-2,13(17)18)15-12(16)11-7-9-5-3-4-6-10(9)20-11/h3-6,11H,7-8H2,1-2H3,(H,15,16)(H,17,18). The quantitative estimate of drug-likeness (QED) is 0.856. The summed E-state index contributed by atoms with van der Waals surface area (Å²) >= 11 is 1.47. The Labute approximate surface area is 121 Å². The van der Waals surface area contributed by atoms with Gasteiger partial charge in [0.1, 0.15) is 0 Å². The highest BCUT2D eigenvalue weighted by atomic mass is 32.2. The number of rotatable bonds is 5. The molecule has 2 unspecified atom stereocenters. The second-order valence-corrected chi connectivity index (χ2v) is 6.22. The van der Waals surface area contributed by atoms with Gasteiger partial charge in [-0.2, -0.15) is 0 Å². The second-order valence-electron chi connectivity index (χ2n) is 4.98. The largest absolute Gasteiger partial charge is 0.479 e. The van der Waals surface area contributed by atoms with Gasteiger partial charge in [0.2, 0.25) is 5.91 Å². The molecule has 20 heavy (non-hydrogen) atoms. The number of methoxy groups -OCH3 is 1. The van der Waals surface area contributed by atoms with E-state index in [1.165, 1.54) is 25.8 Å². The van der Waals surface area contributed by atoms with Crippen molar-refractivity contribution >= 4 is 23.6 Å². The maximum absolute atomic E-state index is 12.3. The van der Waals surface area contributed by atoms with Crippen LogP contribution in [-0.2, 0) is 20.7 Å². The summed E-state index contributed by atoms with van der Waals surface area (Å²) in [6.45, 7) is 1.38. The van der Waals surface area contributed by atoms with Gasteiger partial charge in [0.25, 0.3) is 0 Å². The van der Waals surface area contributed by atoms with Crippen LogP contribution >= 0.6 is 11.8 Å². The SMILES string of the molecule is COCC(C)(NC(=O)C1Cc2ccccc2S1)C(=O)O. The van der Waals surface area contributed by atoms with Crippen molar-refractivity contribution in [2.45, 2.75) is 29.0 Å². The minimum atomic E-state index is -1.40. The summed E-state index contributed by atoms with van der Waals surface area (Å²) < 4.78 is 4.89. The number of carboxylic acid groups (broad SMARTS) is 1. The molecule has 0 saturated heterocycles. The number of aliphatic carboxylic acids is 1. The molecule has 0 radical (unpaired) electrons. The van der Waals surface area contributed by atoms with Gasteiger partial charge >= 0.3 is 5.97 Å². The molecule has 0 aliphatic carbocycles. The number of carbonyl (C=O) groups excluding carboxylic acids is 1. The van der Waals surface area contributed by atoms with E-state index in [0.29, 0.717) is 6.42 Å². The smallest absolute Gasteiger partial charge is 0.331 e. The molecule has 0 aromatic heterocycles. The Morgan fingerprint density at radius 2 is 2.20 bits per heavy atom. The molecule has 1 aliphatic heterocycles. The zero-order valence-electron chi connectivity index (χ0n) is 11.4. The van der Waals surface area contributed by atoms with E-state index >= 15 is 0 Å². The number of carboxylic acids is 1. The van der Waals surface area contributed by atoms with Crippen molar-refractivity contribution in [2.24, 2.45) is 0 Å². The summed E-state index contributed by atoms with van der Waals surface area (Å²) in [6, 6.07) is 7.82. The number of benzene rings is 1. The minimum Gasteiger partial charge on any atom is -0.479 e. The van der Waals surface area contributed by atoms with Crippen LogP contribution in [0.2, 0.25) is 0 Å². The van der Waals surface area contributed by atoms with Crippen molar-refractivity contribution in [2.75, 3.05) is 13.7 Å². The maximum atomic E-state index is 12.3. The maximum Gasteiger partial charge on any atom is 0.331 e. The summed E-state index contributed by atoms with van der Waals surface area (Å²) in [4.78, 5) is 24.6. The highest BCUT2D eigenvalue weighted by molar-refractivity contribution is 8.01. The summed E-state index contributed by atoms with van der Waals surface area (Å²) in [5.74, 6) is -1.37. The number of fused-ring (bicyclic) bond motifs is 1. The Morgan fingerprint density at radius 1 is 1.50 bits per heavy atom. The Hall–Kier alpha value is -1.53. The second kappa shape index (κ2) is 5.85. The lowest BCUT2D eigenvalue weighted by Gasteiger charge is -2.26. The van der Waals surface area contributed by atoms with Gasteiger partial charge in [-0.1, -0.05) is 18.2 Å². The van der Waals surface area contributed by atoms with Crippen LogP contribution in [0, 0.1) is 0 Å². The average Bonchev–Trinajstić information content (AvgIpc) is 2.82. The molecule has 1 amide bonds. The van der Waals surface area contributed by atoms with Crippen LogP contribution in [0.4, 0.5) is 0 Å². The highest BCUT2D eigenvalue weighted by Crippen LogP contribution is 2.36. The summed E-state index contributed by atoms with van der Waals surface area (Å²) in [5.41, 5.74) is -0.275. The molecule has 1 aliphatic rings. The fourth-order valence-corrected chi connectivity index (χ4v) is 3.32. The Morgan fingerprint density at radius 3 is 2.80 bits per heavy atom. The molecule has 1 heterocycles. The van der Waals surface area contributed by atoms with Gasteiger partial charge < -0.3 is 15.2 Å². The van der Waals surface area contributed by atoms with Gasteiger partial charge in [0, 0.05) is 12.0 Å². The Bertz CT molecular complexity index is 509. The van der Waals surface area contributed by atoms with E-state index in [2.05, 4.69) is 5.32 Å². The number of nitrogens with one attached hydrogen (secondary N) is 1. The average molecular weight is 295 g/mol. The first-order chi connectivity index (χ1) is 9.46. The normalized spacial score (nSPS) is 20.0. The van der Waals surface area contributed by atoms with Crippen LogP contribution in [0.1, 0.15) is 12.5 Å². The van der Waals surface area contributed by atoms with Crippen LogP contribution in [0.25, 0.3) is 0 Å². The topological polar surface area (TPSA) is 75.6 Å². The molecule has 5 nitrogen and oxygen atoms in total. The van der Waals surface area contributed by atoms with Crippen LogP contribution < -0.4 is 5.32 Å². The first-order valence-electron chi connectivity index (χ1n) is 6.25. The van der Waals surface area contributed by atoms with Gasteiger partial charge in [-0.15, -0.1) is 11.8 Å². The molecule has 0 bridgehead atoms. The molecule has 0 fully saturated rings. The first kappa shape index (κ1) is 14.9. The van der Waals surface area contributed by atoms with Crippen LogP contribution in [-0.4, -0.2) is 41.5 Å². The zero-order chi connectivity index (χ0) is 14.8. The summed E-state index contributed by atoms with van der Waals surface area (Å²) in [6.07, 6.45) is 0.620. The first-order valence-corrected chi connectivity index (χ1v) is 7.13. The molecule has 6 heteroatoms. The van der Waals surface area contributed by atoms with Crippen molar-refractivity contribution in [3.8, 4) is 0 Å². The summed E-state index contributed by atoms with van der Waals surface area (Å²) in [5, 5.41) is 11.5. The predicted octanol–water partition coefficient (Wildman–Crippen LogP) is 1.31. The van der Waals surface area contributed by atoms with Gasteiger partial charge in [0.15, 0.2) is 5.54 Å². The molecule has 0 spiro atoms. The third kappa shape index (κ3) is 2.96. The van der Waals surface area contributed by atoms with Crippen molar-refractivity contribution in [3.05, 3.63) is 29.8 Å². The zero-order valence-corrected chi connectivity index (χ0v) is 12.2. The fraction of sp³-hybridized carbons (Fsp3) is 0.429. The van der Waals surface area contributed by atoms with Crippen LogP contribution in [0.3, 0.4) is 0 Å². The molecular formula is C14H17NO4S. The molecule has 2 rings (SSSR count). The van der Waals surface area contributed by atoms with E-state index in [9.17, 15) is 14.7 Å². The lowest BCUT2D eigenvalue weighted by atomic mass is 10.0. The van der Waals surface area contributed by atoms with Gasteiger partial charge in [-0.25, -0.2) is 4.79 Å². The number of carbonyl (C=O) groups is 2. The van der Waals surface area contributed by atoms with Crippen LogP contribution in [0.15, 0.2) is 29.2 Å². The van der Waals surface area contributed by atoms with E-state index in [0.717, 1.165) is 10.5 Å². The van der Waals surface area contributed by atoms with Gasteiger partial charge in [0.05, 0.1) is 11.9 Å². The number of ether oxygens (including phenoxy) is 1. The van der Waals surface area contributed by atoms with E-state index < -0.39 is 11.5 Å². The molecule has 2 atom stereocenters. The molecular weight excluding hydrogens is 278 g/mol. The third-order valence-corrected chi connectivity index (χ3v) is 4.56. The van der Waals surface area contributed by atoms with Crippen molar-refractivity contribution in [1.29, 1.82) is 0 Å². The highest BCUT2D eigenvalue weighted by Gasteiger charge is 2.38. The number of hydrogen-bond acceptors (Lipinski definition) is 4. The molecule has 1 aromatic rings. The number of amides is 1. The Balaban J connectivity index is 2.05. The molecule has 2 N–H and O–H groups in total. The van der Waals surface area contributed by atoms with Gasteiger partial charge in [-0.05, 0) is 25.0 Å². The molecule has 0 saturated carbocycles. The van der Waals surface area contributed by atoms with Gasteiger partial charge in [-0.3, -0.25) is 4.79 Å². The van der Waals surface area contributed by atoms with E-state index in [1.807, 2.05) is 24.3 Å². The predicted molar refractivity (Wildman–Crippen MR) is 75.9 cm³/mol. The minimum absolute atomic E-state index is 0.0710. The van der Waals surface area contributed by atoms with Crippen molar-refractivity contribution in [1.82, 2.24) is 5.32 Å². The summed E-state index contributed by atoms with van der Waals surface area (Å²) in [7, 11) is 1.41.